The van der Waals surface area contributed by atoms with Crippen LogP contribution >= 0.6 is 0 Å². The largest absolute Gasteiger partial charge is 0.452 e. The molecule has 0 bridgehead atoms. The first kappa shape index (κ1) is 25.1. The summed E-state index contributed by atoms with van der Waals surface area (Å²) in [5.41, 5.74) is 0.232. The summed E-state index contributed by atoms with van der Waals surface area (Å²) in [5.74, 6) is -0.727. The van der Waals surface area contributed by atoms with Gasteiger partial charge in [0.2, 0.25) is 10.0 Å². The van der Waals surface area contributed by atoms with Gasteiger partial charge in [-0.2, -0.15) is 4.31 Å². The van der Waals surface area contributed by atoms with Gasteiger partial charge in [-0.25, -0.2) is 13.2 Å². The maximum atomic E-state index is 13.2. The van der Waals surface area contributed by atoms with Crippen LogP contribution in [0, 0.1) is 0 Å². The van der Waals surface area contributed by atoms with Crippen LogP contribution < -0.4 is 0 Å². The highest BCUT2D eigenvalue weighted by atomic mass is 32.2. The highest BCUT2D eigenvalue weighted by Gasteiger charge is 2.33. The minimum absolute atomic E-state index is 0.112. The van der Waals surface area contributed by atoms with E-state index in [1.165, 1.54) is 41.4 Å². The summed E-state index contributed by atoms with van der Waals surface area (Å²) in [6.07, 6.45) is 11.1. The first-order chi connectivity index (χ1) is 16.5. The zero-order valence-electron chi connectivity index (χ0n) is 19.8. The number of ether oxygens (including phenoxy) is 2. The average Bonchev–Trinajstić information content (AvgIpc) is 2.89. The van der Waals surface area contributed by atoms with Crippen molar-refractivity contribution in [1.82, 2.24) is 9.21 Å². The van der Waals surface area contributed by atoms with Crippen molar-refractivity contribution in [3.8, 4) is 0 Å². The lowest BCUT2D eigenvalue weighted by Gasteiger charge is -2.41. The summed E-state index contributed by atoms with van der Waals surface area (Å²) >= 11 is 0. The maximum Gasteiger partial charge on any atom is 0.338 e. The van der Waals surface area contributed by atoms with Gasteiger partial charge in [0, 0.05) is 25.2 Å². The molecule has 0 N–H and O–H groups in total. The lowest BCUT2D eigenvalue weighted by Crippen LogP contribution is -2.50. The number of esters is 1. The number of hydrogen-bond acceptors (Lipinski definition) is 6. The molecule has 0 radical (unpaired) electrons. The van der Waals surface area contributed by atoms with E-state index in [9.17, 15) is 18.0 Å². The highest BCUT2D eigenvalue weighted by Crippen LogP contribution is 2.30. The fraction of sp³-hybridized carbons (Fsp3) is 0.680. The number of sulfonamides is 1. The molecule has 3 aliphatic rings. The predicted octanol–water partition coefficient (Wildman–Crippen LogP) is 3.36. The molecule has 0 unspecified atom stereocenters. The Kier molecular flexibility index (Phi) is 8.60. The summed E-state index contributed by atoms with van der Waals surface area (Å²) in [6.45, 7) is 1.09. The predicted molar refractivity (Wildman–Crippen MR) is 127 cm³/mol. The number of carbonyl (C=O) groups excluding carboxylic acids is 2. The van der Waals surface area contributed by atoms with E-state index in [4.69, 9.17) is 9.47 Å². The number of hydrogen-bond donors (Lipinski definition) is 0. The molecule has 1 aliphatic heterocycles. The van der Waals surface area contributed by atoms with Gasteiger partial charge in [-0.3, -0.25) is 4.79 Å². The van der Waals surface area contributed by atoms with Crippen LogP contribution in [0.4, 0.5) is 0 Å². The second kappa shape index (κ2) is 11.6. The Labute approximate surface area is 202 Å². The zero-order chi connectivity index (χ0) is 24.0. The van der Waals surface area contributed by atoms with E-state index in [-0.39, 0.29) is 35.1 Å². The summed E-state index contributed by atoms with van der Waals surface area (Å²) in [4.78, 5) is 28.0. The average molecular weight is 493 g/mol. The van der Waals surface area contributed by atoms with Crippen LogP contribution in [0.1, 0.15) is 74.6 Å². The van der Waals surface area contributed by atoms with Crippen LogP contribution in [0.3, 0.4) is 0 Å². The SMILES string of the molecule is O=C(OCC(=O)N(C1CCCCC1)C1CCCCC1)c1ccc(S(=O)(=O)N2CCOCC2)cc1. The molecule has 188 valence electrons. The van der Waals surface area contributed by atoms with Crippen molar-refractivity contribution in [3.05, 3.63) is 29.8 Å². The van der Waals surface area contributed by atoms with Gasteiger partial charge in [0.1, 0.15) is 0 Å². The molecule has 0 spiro atoms. The number of rotatable bonds is 7. The van der Waals surface area contributed by atoms with Gasteiger partial charge in [-0.05, 0) is 49.9 Å². The van der Waals surface area contributed by atoms with E-state index < -0.39 is 16.0 Å². The van der Waals surface area contributed by atoms with Crippen molar-refractivity contribution in [2.45, 2.75) is 81.2 Å². The lowest BCUT2D eigenvalue weighted by atomic mass is 9.88. The Morgan fingerprint density at radius 2 is 1.41 bits per heavy atom. The Morgan fingerprint density at radius 3 is 1.94 bits per heavy atom. The van der Waals surface area contributed by atoms with Crippen molar-refractivity contribution < 1.29 is 27.5 Å². The summed E-state index contributed by atoms with van der Waals surface area (Å²) < 4.78 is 37.5. The second-order valence-corrected chi connectivity index (χ2v) is 11.4. The standard InChI is InChI=1S/C25H36N2O6S/c28-24(27(21-7-3-1-4-8-21)22-9-5-2-6-10-22)19-33-25(29)20-11-13-23(14-12-20)34(30,31)26-15-17-32-18-16-26/h11-14,21-22H,1-10,15-19H2. The van der Waals surface area contributed by atoms with Gasteiger partial charge in [0.05, 0.1) is 23.7 Å². The third-order valence-electron chi connectivity index (χ3n) is 7.25. The quantitative estimate of drug-likeness (QED) is 0.542. The highest BCUT2D eigenvalue weighted by molar-refractivity contribution is 7.89. The Balaban J connectivity index is 1.37. The molecule has 1 saturated heterocycles. The molecule has 1 aromatic rings. The van der Waals surface area contributed by atoms with Crippen LogP contribution in [0.25, 0.3) is 0 Å². The molecule has 1 amide bonds. The summed E-state index contributed by atoms with van der Waals surface area (Å²) in [6, 6.07) is 6.21. The lowest BCUT2D eigenvalue weighted by molar-refractivity contribution is -0.141. The van der Waals surface area contributed by atoms with E-state index in [0.717, 1.165) is 51.4 Å². The molecule has 0 aromatic heterocycles. The molecule has 2 saturated carbocycles. The van der Waals surface area contributed by atoms with Gasteiger partial charge < -0.3 is 14.4 Å². The van der Waals surface area contributed by atoms with Gasteiger partial charge in [0.15, 0.2) is 6.61 Å². The fourth-order valence-electron chi connectivity index (χ4n) is 5.41. The summed E-state index contributed by atoms with van der Waals surface area (Å²) in [5, 5.41) is 0. The molecule has 2 aliphatic carbocycles. The second-order valence-electron chi connectivity index (χ2n) is 9.50. The van der Waals surface area contributed by atoms with Crippen LogP contribution in [0.5, 0.6) is 0 Å². The van der Waals surface area contributed by atoms with Crippen LogP contribution in [0.2, 0.25) is 0 Å². The first-order valence-electron chi connectivity index (χ1n) is 12.6. The van der Waals surface area contributed by atoms with Crippen molar-refractivity contribution in [1.29, 1.82) is 0 Å². The molecule has 34 heavy (non-hydrogen) atoms. The molecule has 8 nitrogen and oxygen atoms in total. The minimum atomic E-state index is -3.63. The number of nitrogens with zero attached hydrogens (tertiary/aromatic N) is 2. The molecule has 1 heterocycles. The minimum Gasteiger partial charge on any atom is -0.452 e. The van der Waals surface area contributed by atoms with Crippen molar-refractivity contribution >= 4 is 21.9 Å². The van der Waals surface area contributed by atoms with Crippen molar-refractivity contribution in [2.75, 3.05) is 32.9 Å². The van der Waals surface area contributed by atoms with Gasteiger partial charge in [-0.1, -0.05) is 38.5 Å². The van der Waals surface area contributed by atoms with Crippen molar-refractivity contribution in [3.63, 3.8) is 0 Å². The van der Waals surface area contributed by atoms with Crippen molar-refractivity contribution in [2.24, 2.45) is 0 Å². The Morgan fingerprint density at radius 1 is 0.882 bits per heavy atom. The van der Waals surface area contributed by atoms with Gasteiger partial charge in [-0.15, -0.1) is 0 Å². The molecule has 3 fully saturated rings. The van der Waals surface area contributed by atoms with Gasteiger partial charge in [0.25, 0.3) is 5.91 Å². The number of amides is 1. The van der Waals surface area contributed by atoms with Crippen LogP contribution in [-0.2, 0) is 24.3 Å². The normalized spacial score (nSPS) is 21.2. The number of carbonyl (C=O) groups is 2. The maximum absolute atomic E-state index is 13.2. The fourth-order valence-corrected chi connectivity index (χ4v) is 6.82. The van der Waals surface area contributed by atoms with Crippen LogP contribution in [-0.4, -0.2) is 74.5 Å². The number of morpholine rings is 1. The third kappa shape index (κ3) is 5.98. The molecular weight excluding hydrogens is 456 g/mol. The van der Waals surface area contributed by atoms with E-state index in [0.29, 0.717) is 26.3 Å². The summed E-state index contributed by atoms with van der Waals surface area (Å²) in [7, 11) is -3.63. The van der Waals surface area contributed by atoms with E-state index >= 15 is 0 Å². The molecule has 9 heteroatoms. The van der Waals surface area contributed by atoms with Crippen LogP contribution in [0.15, 0.2) is 29.2 Å². The monoisotopic (exact) mass is 492 g/mol. The van der Waals surface area contributed by atoms with E-state index in [1.54, 1.807) is 0 Å². The third-order valence-corrected chi connectivity index (χ3v) is 9.16. The molecular formula is C25H36N2O6S. The molecule has 1 aromatic carbocycles. The molecule has 0 atom stereocenters. The smallest absolute Gasteiger partial charge is 0.338 e. The first-order valence-corrected chi connectivity index (χ1v) is 14.1. The molecule has 4 rings (SSSR count). The zero-order valence-corrected chi connectivity index (χ0v) is 20.6. The number of benzene rings is 1. The topological polar surface area (TPSA) is 93.2 Å². The van der Waals surface area contributed by atoms with E-state index in [2.05, 4.69) is 0 Å². The van der Waals surface area contributed by atoms with E-state index in [1.807, 2.05) is 4.90 Å². The Bertz CT molecular complexity index is 913. The Hall–Kier alpha value is -1.97. The van der Waals surface area contributed by atoms with Gasteiger partial charge >= 0.3 is 5.97 Å².